The Labute approximate surface area is 397 Å². The number of hydrogen-bond acceptors (Lipinski definition) is 4. The molecule has 10 aromatic carbocycles. The molecular formula is C64H44N4. The maximum atomic E-state index is 5.06. The van der Waals surface area contributed by atoms with E-state index in [2.05, 4.69) is 211 Å². The van der Waals surface area contributed by atoms with Crippen molar-refractivity contribution in [3.05, 3.63) is 289 Å². The van der Waals surface area contributed by atoms with Crippen LogP contribution < -0.4 is 4.90 Å². The van der Waals surface area contributed by atoms with Gasteiger partial charge in [-0.15, -0.1) is 0 Å². The van der Waals surface area contributed by atoms with Crippen LogP contribution in [-0.4, -0.2) is 15.0 Å². The number of aromatic nitrogens is 3. The molecule has 320 valence electrons. The summed E-state index contributed by atoms with van der Waals surface area (Å²) in [6.45, 7) is 0. The average molecular weight is 869 g/mol. The van der Waals surface area contributed by atoms with Gasteiger partial charge in [-0.3, -0.25) is 0 Å². The molecule has 0 N–H and O–H groups in total. The van der Waals surface area contributed by atoms with Crippen LogP contribution in [0.1, 0.15) is 22.3 Å². The normalized spacial score (nSPS) is 12.2. The third-order valence-electron chi connectivity index (χ3n) is 13.2. The number of anilines is 3. The molecule has 1 aromatic heterocycles. The number of nitrogens with zero attached hydrogens (tertiary/aromatic N) is 4. The van der Waals surface area contributed by atoms with E-state index in [0.29, 0.717) is 17.5 Å². The van der Waals surface area contributed by atoms with Crippen molar-refractivity contribution in [1.82, 2.24) is 15.0 Å². The Hall–Kier alpha value is -8.99. The fourth-order valence-corrected chi connectivity index (χ4v) is 10.1. The largest absolute Gasteiger partial charge is 0.310 e. The smallest absolute Gasteiger partial charge is 0.164 e. The predicted octanol–water partition coefficient (Wildman–Crippen LogP) is 16.0. The lowest BCUT2D eigenvalue weighted by Crippen LogP contribution is -2.28. The fourth-order valence-electron chi connectivity index (χ4n) is 10.1. The van der Waals surface area contributed by atoms with Gasteiger partial charge in [0.25, 0.3) is 0 Å². The Balaban J connectivity index is 1.03. The molecule has 0 bridgehead atoms. The first-order chi connectivity index (χ1) is 33.7. The van der Waals surface area contributed by atoms with Crippen LogP contribution in [0.2, 0.25) is 0 Å². The molecule has 4 nitrogen and oxygen atoms in total. The lowest BCUT2D eigenvalue weighted by atomic mass is 9.68. The summed E-state index contributed by atoms with van der Waals surface area (Å²) < 4.78 is 0. The summed E-state index contributed by atoms with van der Waals surface area (Å²) in [6.07, 6.45) is 0. The molecule has 0 spiro atoms. The molecule has 1 aliphatic carbocycles. The van der Waals surface area contributed by atoms with Crippen molar-refractivity contribution >= 4 is 17.1 Å². The molecule has 11 aromatic rings. The lowest BCUT2D eigenvalue weighted by Gasteiger charge is -2.34. The molecule has 0 saturated heterocycles. The van der Waals surface area contributed by atoms with Gasteiger partial charge in [0.05, 0.1) is 11.1 Å². The molecule has 0 aliphatic heterocycles. The van der Waals surface area contributed by atoms with Crippen LogP contribution in [0.25, 0.3) is 67.5 Å². The second kappa shape index (κ2) is 17.4. The van der Waals surface area contributed by atoms with Gasteiger partial charge in [0.15, 0.2) is 17.5 Å². The fraction of sp³-hybridized carbons (Fsp3) is 0.0156. The number of rotatable bonds is 10. The molecule has 0 saturated carbocycles. The van der Waals surface area contributed by atoms with Gasteiger partial charge in [0.1, 0.15) is 0 Å². The van der Waals surface area contributed by atoms with Crippen LogP contribution in [0.3, 0.4) is 0 Å². The van der Waals surface area contributed by atoms with Gasteiger partial charge in [-0.05, 0) is 86.5 Å². The van der Waals surface area contributed by atoms with Crippen molar-refractivity contribution in [3.8, 4) is 67.5 Å². The molecule has 1 aliphatic rings. The summed E-state index contributed by atoms with van der Waals surface area (Å²) in [7, 11) is 0. The summed E-state index contributed by atoms with van der Waals surface area (Å²) in [5.74, 6) is 1.89. The third kappa shape index (κ3) is 7.16. The van der Waals surface area contributed by atoms with Gasteiger partial charge >= 0.3 is 0 Å². The summed E-state index contributed by atoms with van der Waals surface area (Å²) in [6, 6.07) is 95.1. The molecular weight excluding hydrogens is 825 g/mol. The first-order valence-corrected chi connectivity index (χ1v) is 23.1. The van der Waals surface area contributed by atoms with Crippen molar-refractivity contribution in [2.75, 3.05) is 4.90 Å². The molecule has 0 unspecified atom stereocenters. The monoisotopic (exact) mass is 868 g/mol. The highest BCUT2D eigenvalue weighted by atomic mass is 15.1. The Morgan fingerprint density at radius 3 is 1.31 bits per heavy atom. The maximum Gasteiger partial charge on any atom is 0.164 e. The highest BCUT2D eigenvalue weighted by Crippen LogP contribution is 2.59. The Morgan fingerprint density at radius 1 is 0.279 bits per heavy atom. The topological polar surface area (TPSA) is 41.9 Å². The van der Waals surface area contributed by atoms with Crippen LogP contribution in [0.15, 0.2) is 267 Å². The number of fused-ring (bicyclic) bond motifs is 3. The van der Waals surface area contributed by atoms with E-state index in [1.54, 1.807) is 0 Å². The van der Waals surface area contributed by atoms with Crippen LogP contribution in [0, 0.1) is 0 Å². The zero-order chi connectivity index (χ0) is 45.3. The van der Waals surface area contributed by atoms with Crippen LogP contribution in [0.5, 0.6) is 0 Å². The Bertz CT molecular complexity index is 3440. The van der Waals surface area contributed by atoms with Gasteiger partial charge in [-0.1, -0.05) is 231 Å². The average Bonchev–Trinajstić information content (AvgIpc) is 3.74. The van der Waals surface area contributed by atoms with E-state index in [-0.39, 0.29) is 0 Å². The lowest BCUT2D eigenvalue weighted by molar-refractivity contribution is 0.768. The van der Waals surface area contributed by atoms with Crippen molar-refractivity contribution < 1.29 is 0 Å². The minimum absolute atomic E-state index is 0.536. The van der Waals surface area contributed by atoms with Gasteiger partial charge in [0.2, 0.25) is 0 Å². The second-order valence-corrected chi connectivity index (χ2v) is 17.1. The molecule has 68 heavy (non-hydrogen) atoms. The van der Waals surface area contributed by atoms with Gasteiger partial charge in [-0.2, -0.15) is 0 Å². The van der Waals surface area contributed by atoms with Crippen LogP contribution in [-0.2, 0) is 5.41 Å². The van der Waals surface area contributed by atoms with Crippen LogP contribution >= 0.6 is 0 Å². The third-order valence-corrected chi connectivity index (χ3v) is 13.2. The predicted molar refractivity (Wildman–Crippen MR) is 279 cm³/mol. The van der Waals surface area contributed by atoms with E-state index in [4.69, 9.17) is 15.0 Å². The van der Waals surface area contributed by atoms with E-state index in [0.717, 1.165) is 44.9 Å². The zero-order valence-corrected chi connectivity index (χ0v) is 37.2. The zero-order valence-electron chi connectivity index (χ0n) is 37.2. The van der Waals surface area contributed by atoms with Crippen molar-refractivity contribution in [2.24, 2.45) is 0 Å². The van der Waals surface area contributed by atoms with E-state index in [1.807, 2.05) is 60.7 Å². The molecule has 0 amide bonds. The Morgan fingerprint density at radius 2 is 0.706 bits per heavy atom. The summed E-state index contributed by atoms with van der Waals surface area (Å²) in [5.41, 5.74) is 17.4. The highest BCUT2D eigenvalue weighted by Gasteiger charge is 2.47. The minimum atomic E-state index is -0.536. The first-order valence-electron chi connectivity index (χ1n) is 23.1. The van der Waals surface area contributed by atoms with Gasteiger partial charge in [-0.25, -0.2) is 15.0 Å². The molecule has 0 radical (unpaired) electrons. The highest BCUT2D eigenvalue weighted by molar-refractivity contribution is 5.98. The molecule has 4 heteroatoms. The van der Waals surface area contributed by atoms with Crippen LogP contribution in [0.4, 0.5) is 17.1 Å². The maximum absolute atomic E-state index is 5.06. The SMILES string of the molecule is c1ccc(-c2ccc(N(c3cccc(-c4cccc(-c5nc(-c6ccccc6)nc(-c6ccccc6)n5)c4)c3)c3cccc4c3-c3ccccc3C4(c3ccccc3)c3ccccc3)cc2)cc1. The molecule has 0 atom stereocenters. The minimum Gasteiger partial charge on any atom is -0.310 e. The quantitative estimate of drug-likeness (QED) is 0.137. The van der Waals surface area contributed by atoms with Gasteiger partial charge in [0, 0.05) is 33.6 Å². The number of hydrogen-bond donors (Lipinski definition) is 0. The first kappa shape index (κ1) is 40.5. The summed E-state index contributed by atoms with van der Waals surface area (Å²) in [4.78, 5) is 17.5. The standard InChI is InChI=1S/C64H44N4/c1-6-21-45(22-7-1)46-39-41-54(42-40-46)68(59-38-20-37-58-60(59)56-35-16-17-36-57(56)64(58,52-30-12-4-13-31-52)53-32-14-5-15-33-53)55-34-19-28-50(44-55)49-27-18-29-51(43-49)63-66-61(47-23-8-2-9-24-47)65-62(67-63)48-25-10-3-11-26-48/h1-44H. The number of benzene rings is 10. The summed E-state index contributed by atoms with van der Waals surface area (Å²) >= 11 is 0. The van der Waals surface area contributed by atoms with E-state index < -0.39 is 5.41 Å². The Kier molecular flexibility index (Phi) is 10.4. The van der Waals surface area contributed by atoms with E-state index in [9.17, 15) is 0 Å². The summed E-state index contributed by atoms with van der Waals surface area (Å²) in [5, 5.41) is 0. The van der Waals surface area contributed by atoms with Gasteiger partial charge < -0.3 is 4.90 Å². The molecule has 12 rings (SSSR count). The molecule has 0 fully saturated rings. The van der Waals surface area contributed by atoms with Crippen molar-refractivity contribution in [3.63, 3.8) is 0 Å². The van der Waals surface area contributed by atoms with Crippen molar-refractivity contribution in [1.29, 1.82) is 0 Å². The van der Waals surface area contributed by atoms with E-state index in [1.165, 1.54) is 44.5 Å². The van der Waals surface area contributed by atoms with Crippen molar-refractivity contribution in [2.45, 2.75) is 5.41 Å². The molecule has 1 heterocycles. The van der Waals surface area contributed by atoms with E-state index >= 15 is 0 Å². The second-order valence-electron chi connectivity index (χ2n) is 17.1.